The van der Waals surface area contributed by atoms with Gasteiger partial charge in [-0.25, -0.2) is 9.66 Å². The van der Waals surface area contributed by atoms with Crippen LogP contribution in [-0.2, 0) is 20.0 Å². The highest BCUT2D eigenvalue weighted by molar-refractivity contribution is 7.89. The molecule has 8 nitrogen and oxygen atoms in total. The van der Waals surface area contributed by atoms with E-state index in [0.717, 1.165) is 71.9 Å². The van der Waals surface area contributed by atoms with Crippen LogP contribution in [0, 0.1) is 13.8 Å². The lowest BCUT2D eigenvalue weighted by molar-refractivity contribution is 0.583. The van der Waals surface area contributed by atoms with Crippen molar-refractivity contribution < 1.29 is 16.8 Å². The third kappa shape index (κ3) is 7.67. The van der Waals surface area contributed by atoms with Gasteiger partial charge in [0.1, 0.15) is 0 Å². The van der Waals surface area contributed by atoms with Crippen LogP contribution in [0.3, 0.4) is 0 Å². The Morgan fingerprint density at radius 3 is 1.70 bits per heavy atom. The zero-order valence-electron chi connectivity index (χ0n) is 22.7. The van der Waals surface area contributed by atoms with Crippen molar-refractivity contribution in [1.82, 2.24) is 9.66 Å². The number of allylic oxidation sites excluding steroid dienone is 2. The lowest BCUT2D eigenvalue weighted by atomic mass is 9.87. The molecule has 40 heavy (non-hydrogen) atoms. The Morgan fingerprint density at radius 1 is 0.625 bits per heavy atom. The molecule has 0 heterocycles. The van der Waals surface area contributed by atoms with Crippen LogP contribution < -0.4 is 9.66 Å². The van der Waals surface area contributed by atoms with Crippen molar-refractivity contribution in [2.75, 3.05) is 0 Å². The van der Waals surface area contributed by atoms with Gasteiger partial charge in [0.15, 0.2) is 0 Å². The van der Waals surface area contributed by atoms with Gasteiger partial charge in [0.2, 0.25) is 0 Å². The third-order valence-electron chi connectivity index (χ3n) is 6.73. The molecule has 4 rings (SSSR count). The van der Waals surface area contributed by atoms with Gasteiger partial charge in [-0.3, -0.25) is 0 Å². The molecule has 0 aromatic heterocycles. The van der Waals surface area contributed by atoms with E-state index in [1.165, 1.54) is 6.21 Å². The summed E-state index contributed by atoms with van der Waals surface area (Å²) in [5.41, 5.74) is 5.57. The molecule has 2 N–H and O–H groups in total. The van der Waals surface area contributed by atoms with E-state index in [4.69, 9.17) is 0 Å². The van der Waals surface area contributed by atoms with E-state index < -0.39 is 20.0 Å². The fourth-order valence-electron chi connectivity index (χ4n) is 4.50. The molecule has 0 saturated heterocycles. The van der Waals surface area contributed by atoms with Gasteiger partial charge in [-0.2, -0.15) is 27.0 Å². The molecule has 1 aliphatic rings. The van der Waals surface area contributed by atoms with Crippen LogP contribution in [-0.4, -0.2) is 29.3 Å². The first-order valence-corrected chi connectivity index (χ1v) is 16.2. The van der Waals surface area contributed by atoms with E-state index in [1.54, 1.807) is 54.7 Å². The maximum Gasteiger partial charge on any atom is 0.276 e. The van der Waals surface area contributed by atoms with Crippen LogP contribution in [0.15, 0.2) is 98.4 Å². The molecule has 0 unspecified atom stereocenters. The minimum atomic E-state index is -3.80. The summed E-state index contributed by atoms with van der Waals surface area (Å²) >= 11 is 0. The predicted octanol–water partition coefficient (Wildman–Crippen LogP) is 5.69. The Hall–Kier alpha value is -3.76. The van der Waals surface area contributed by atoms with E-state index >= 15 is 0 Å². The molecule has 0 radical (unpaired) electrons. The maximum atomic E-state index is 12.7. The molecule has 3 aromatic carbocycles. The fraction of sp³-hybridized carbons (Fsp3) is 0.267. The van der Waals surface area contributed by atoms with Crippen molar-refractivity contribution in [2.24, 2.45) is 10.2 Å². The van der Waals surface area contributed by atoms with Crippen LogP contribution >= 0.6 is 0 Å². The molecule has 1 aliphatic carbocycles. The lowest BCUT2D eigenvalue weighted by Gasteiger charge is -2.18. The van der Waals surface area contributed by atoms with Gasteiger partial charge < -0.3 is 0 Å². The minimum absolute atomic E-state index is 0.137. The fourth-order valence-corrected chi connectivity index (χ4v) is 6.08. The van der Waals surface area contributed by atoms with Crippen molar-refractivity contribution in [1.29, 1.82) is 0 Å². The van der Waals surface area contributed by atoms with Crippen molar-refractivity contribution in [3.05, 3.63) is 101 Å². The Morgan fingerprint density at radius 2 is 1.12 bits per heavy atom. The molecule has 0 bridgehead atoms. The van der Waals surface area contributed by atoms with Crippen LogP contribution in [0.4, 0.5) is 0 Å². The summed E-state index contributed by atoms with van der Waals surface area (Å²) in [5, 5.41) is 8.19. The number of benzene rings is 3. The van der Waals surface area contributed by atoms with E-state index in [-0.39, 0.29) is 9.79 Å². The van der Waals surface area contributed by atoms with Gasteiger partial charge in [-0.1, -0.05) is 72.5 Å². The van der Waals surface area contributed by atoms with Crippen LogP contribution in [0.25, 0.3) is 5.57 Å². The highest BCUT2D eigenvalue weighted by Crippen LogP contribution is 2.31. The maximum absolute atomic E-state index is 12.7. The van der Waals surface area contributed by atoms with Gasteiger partial charge in [0.25, 0.3) is 20.0 Å². The number of hydrazone groups is 2. The number of hydrogen-bond acceptors (Lipinski definition) is 6. The number of hydrogen-bond donors (Lipinski definition) is 2. The summed E-state index contributed by atoms with van der Waals surface area (Å²) in [4.78, 5) is 4.93. The summed E-state index contributed by atoms with van der Waals surface area (Å²) in [6.45, 7) is 3.78. The van der Waals surface area contributed by atoms with Gasteiger partial charge in [-0.05, 0) is 80.5 Å². The second kappa shape index (κ2) is 13.1. The molecule has 0 amide bonds. The van der Waals surface area contributed by atoms with Gasteiger partial charge in [-0.15, -0.1) is 0 Å². The first-order valence-electron chi connectivity index (χ1n) is 13.2. The molecule has 0 saturated carbocycles. The van der Waals surface area contributed by atoms with Gasteiger partial charge in [0.05, 0.1) is 22.2 Å². The standard InChI is InChI=1S/C30H34N4O4S2/c1-23-13-17-27(18-14-23)39(35,36)33-31-21-25-9-5-3-4-6-11-29(25)30-12-8-7-10-26(30)22-32-34-40(37,38)28-19-15-24(2)16-20-28/h7-8,10,12-22,33-34H,3-6,9,11H2,1-2H3/b29-25-,31-21+,32-22+. The molecular weight excluding hydrogens is 544 g/mol. The van der Waals surface area contributed by atoms with Crippen LogP contribution in [0.1, 0.15) is 60.8 Å². The van der Waals surface area contributed by atoms with Crippen molar-refractivity contribution in [2.45, 2.75) is 62.2 Å². The Balaban J connectivity index is 1.60. The number of sulfonamides is 2. The SMILES string of the molecule is Cc1ccc(S(=O)(=O)N/N=C/C2=C(\c3ccccc3/C=N/NS(=O)(=O)c3ccc(C)cc3)CCCCCC2)cc1. The average Bonchev–Trinajstić information content (AvgIpc) is 2.91. The third-order valence-corrected chi connectivity index (χ3v) is 9.21. The summed E-state index contributed by atoms with van der Waals surface area (Å²) in [7, 11) is -7.60. The van der Waals surface area contributed by atoms with Gasteiger partial charge >= 0.3 is 0 Å². The summed E-state index contributed by atoms with van der Waals surface area (Å²) < 4.78 is 50.8. The first kappa shape index (κ1) is 29.2. The normalized spacial score (nSPS) is 17.1. The van der Waals surface area contributed by atoms with Crippen molar-refractivity contribution >= 4 is 38.0 Å². The van der Waals surface area contributed by atoms with Crippen molar-refractivity contribution in [3.8, 4) is 0 Å². The highest BCUT2D eigenvalue weighted by Gasteiger charge is 2.16. The molecule has 0 aliphatic heterocycles. The molecule has 210 valence electrons. The zero-order chi connectivity index (χ0) is 28.6. The lowest BCUT2D eigenvalue weighted by Crippen LogP contribution is -2.18. The predicted molar refractivity (Wildman–Crippen MR) is 160 cm³/mol. The summed E-state index contributed by atoms with van der Waals surface area (Å²) in [6, 6.07) is 20.8. The number of rotatable bonds is 9. The summed E-state index contributed by atoms with van der Waals surface area (Å²) in [6.07, 6.45) is 8.75. The zero-order valence-corrected chi connectivity index (χ0v) is 24.3. The quantitative estimate of drug-likeness (QED) is 0.251. The monoisotopic (exact) mass is 578 g/mol. The molecule has 0 fully saturated rings. The first-order chi connectivity index (χ1) is 19.2. The van der Waals surface area contributed by atoms with E-state index in [9.17, 15) is 16.8 Å². The molecular formula is C30H34N4O4S2. The summed E-state index contributed by atoms with van der Waals surface area (Å²) in [5.74, 6) is 0. The molecule has 0 atom stereocenters. The van der Waals surface area contributed by atoms with E-state index in [1.807, 2.05) is 38.1 Å². The molecule has 10 heteroatoms. The minimum Gasteiger partial charge on any atom is -0.200 e. The van der Waals surface area contributed by atoms with E-state index in [0.29, 0.717) is 0 Å². The number of nitrogens with zero attached hydrogens (tertiary/aromatic N) is 2. The second-order valence-corrected chi connectivity index (χ2v) is 13.2. The Labute approximate surface area is 237 Å². The highest BCUT2D eigenvalue weighted by atomic mass is 32.2. The topological polar surface area (TPSA) is 117 Å². The molecule has 3 aromatic rings. The van der Waals surface area contributed by atoms with Crippen molar-refractivity contribution in [3.63, 3.8) is 0 Å². The van der Waals surface area contributed by atoms with E-state index in [2.05, 4.69) is 19.9 Å². The number of aryl methyl sites for hydroxylation is 2. The van der Waals surface area contributed by atoms with Crippen LogP contribution in [0.5, 0.6) is 0 Å². The molecule has 0 spiro atoms. The number of nitrogens with one attached hydrogen (secondary N) is 2. The van der Waals surface area contributed by atoms with Crippen LogP contribution in [0.2, 0.25) is 0 Å². The Bertz CT molecular complexity index is 1630. The average molecular weight is 579 g/mol. The largest absolute Gasteiger partial charge is 0.276 e. The Kier molecular flexibility index (Phi) is 9.54. The smallest absolute Gasteiger partial charge is 0.200 e. The second-order valence-electron chi connectivity index (χ2n) is 9.84. The van der Waals surface area contributed by atoms with Gasteiger partial charge in [0, 0.05) is 5.56 Å².